The van der Waals surface area contributed by atoms with Crippen LogP contribution in [0.4, 0.5) is 5.69 Å². The molecule has 1 amide bonds. The zero-order valence-corrected chi connectivity index (χ0v) is 6.24. The summed E-state index contributed by atoms with van der Waals surface area (Å²) in [6.45, 7) is 0. The van der Waals surface area contributed by atoms with Gasteiger partial charge in [0, 0.05) is 5.69 Å². The number of anilines is 1. The van der Waals surface area contributed by atoms with Crippen LogP contribution in [0, 0.1) is 11.3 Å². The number of amides is 1. The lowest BCUT2D eigenvalue weighted by Gasteiger charge is -1.99. The molecule has 12 heavy (non-hydrogen) atoms. The van der Waals surface area contributed by atoms with Crippen molar-refractivity contribution in [3.05, 3.63) is 29.3 Å². The van der Waals surface area contributed by atoms with Crippen LogP contribution < -0.4 is 11.5 Å². The van der Waals surface area contributed by atoms with Crippen molar-refractivity contribution in [2.24, 2.45) is 5.73 Å². The second-order valence-corrected chi connectivity index (χ2v) is 2.28. The molecular weight excluding hydrogens is 154 g/mol. The van der Waals surface area contributed by atoms with Crippen LogP contribution in [0.3, 0.4) is 0 Å². The van der Waals surface area contributed by atoms with E-state index in [1.807, 2.05) is 6.07 Å². The Bertz CT molecular complexity index is 365. The van der Waals surface area contributed by atoms with Crippen molar-refractivity contribution in [3.63, 3.8) is 0 Å². The van der Waals surface area contributed by atoms with Gasteiger partial charge in [-0.1, -0.05) is 0 Å². The summed E-state index contributed by atoms with van der Waals surface area (Å²) in [5, 5.41) is 8.47. The van der Waals surface area contributed by atoms with Gasteiger partial charge in [0.15, 0.2) is 0 Å². The van der Waals surface area contributed by atoms with E-state index in [9.17, 15) is 4.79 Å². The number of rotatable bonds is 1. The normalized spacial score (nSPS) is 8.92. The van der Waals surface area contributed by atoms with Gasteiger partial charge in [-0.3, -0.25) is 4.79 Å². The smallest absolute Gasteiger partial charge is 0.250 e. The SMILES string of the molecule is N#Cc1ccc(C(N)=O)c(N)c1. The van der Waals surface area contributed by atoms with Crippen molar-refractivity contribution in [2.75, 3.05) is 5.73 Å². The summed E-state index contributed by atoms with van der Waals surface area (Å²) < 4.78 is 0. The number of nitriles is 1. The van der Waals surface area contributed by atoms with Crippen LogP contribution in [-0.4, -0.2) is 5.91 Å². The molecule has 0 aliphatic carbocycles. The topological polar surface area (TPSA) is 92.9 Å². The van der Waals surface area contributed by atoms with Crippen LogP contribution in [-0.2, 0) is 0 Å². The van der Waals surface area contributed by atoms with E-state index >= 15 is 0 Å². The van der Waals surface area contributed by atoms with Crippen LogP contribution in [0.25, 0.3) is 0 Å². The fourth-order valence-corrected chi connectivity index (χ4v) is 0.857. The molecular formula is C8H7N3O. The fraction of sp³-hybridized carbons (Fsp3) is 0. The Morgan fingerprint density at radius 3 is 2.58 bits per heavy atom. The molecule has 0 aliphatic heterocycles. The lowest BCUT2D eigenvalue weighted by Crippen LogP contribution is -2.13. The number of nitrogens with two attached hydrogens (primary N) is 2. The Balaban J connectivity index is 3.23. The average Bonchev–Trinajstić information content (AvgIpc) is 2.03. The number of primary amides is 1. The van der Waals surface area contributed by atoms with Gasteiger partial charge in [0.05, 0.1) is 17.2 Å². The maximum Gasteiger partial charge on any atom is 0.250 e. The van der Waals surface area contributed by atoms with Crippen molar-refractivity contribution in [1.82, 2.24) is 0 Å². The molecule has 0 fully saturated rings. The van der Waals surface area contributed by atoms with Gasteiger partial charge in [0.2, 0.25) is 0 Å². The Hall–Kier alpha value is -2.02. The number of hydrogen-bond donors (Lipinski definition) is 2. The van der Waals surface area contributed by atoms with E-state index in [1.165, 1.54) is 18.2 Å². The van der Waals surface area contributed by atoms with Gasteiger partial charge in [-0.05, 0) is 18.2 Å². The summed E-state index contributed by atoms with van der Waals surface area (Å²) in [4.78, 5) is 10.7. The number of nitrogens with zero attached hydrogens (tertiary/aromatic N) is 1. The molecule has 1 aromatic carbocycles. The maximum absolute atomic E-state index is 10.7. The minimum absolute atomic E-state index is 0.238. The molecule has 0 saturated heterocycles. The van der Waals surface area contributed by atoms with E-state index in [-0.39, 0.29) is 11.3 Å². The summed E-state index contributed by atoms with van der Waals surface area (Å²) in [5.74, 6) is -0.586. The van der Waals surface area contributed by atoms with Crippen LogP contribution in [0.5, 0.6) is 0 Å². The Kier molecular flexibility index (Phi) is 1.97. The minimum Gasteiger partial charge on any atom is -0.398 e. The molecule has 0 unspecified atom stereocenters. The molecule has 4 N–H and O–H groups in total. The molecule has 4 nitrogen and oxygen atoms in total. The first-order valence-corrected chi connectivity index (χ1v) is 3.24. The van der Waals surface area contributed by atoms with E-state index < -0.39 is 5.91 Å². The first kappa shape index (κ1) is 8.08. The van der Waals surface area contributed by atoms with Gasteiger partial charge in [-0.2, -0.15) is 5.26 Å². The summed E-state index contributed by atoms with van der Waals surface area (Å²) in [6, 6.07) is 6.26. The first-order valence-electron chi connectivity index (χ1n) is 3.24. The Morgan fingerprint density at radius 2 is 2.17 bits per heavy atom. The van der Waals surface area contributed by atoms with E-state index in [2.05, 4.69) is 0 Å². The first-order chi connectivity index (χ1) is 5.65. The molecule has 0 saturated carbocycles. The summed E-state index contributed by atoms with van der Waals surface area (Å²) in [7, 11) is 0. The highest BCUT2D eigenvalue weighted by atomic mass is 16.1. The molecule has 0 heterocycles. The van der Waals surface area contributed by atoms with Gasteiger partial charge in [0.25, 0.3) is 5.91 Å². The highest BCUT2D eigenvalue weighted by Crippen LogP contribution is 2.12. The van der Waals surface area contributed by atoms with Crippen molar-refractivity contribution >= 4 is 11.6 Å². The predicted octanol–water partition coefficient (Wildman–Crippen LogP) is 0.239. The van der Waals surface area contributed by atoms with Gasteiger partial charge >= 0.3 is 0 Å². The standard InChI is InChI=1S/C8H7N3O/c9-4-5-1-2-6(8(11)12)7(10)3-5/h1-3H,10H2,(H2,11,12). The van der Waals surface area contributed by atoms with E-state index in [0.29, 0.717) is 5.56 Å². The second-order valence-electron chi connectivity index (χ2n) is 2.28. The summed E-state index contributed by atoms with van der Waals surface area (Å²) >= 11 is 0. The fourth-order valence-electron chi connectivity index (χ4n) is 0.857. The highest BCUT2D eigenvalue weighted by Gasteiger charge is 2.04. The van der Waals surface area contributed by atoms with Gasteiger partial charge in [0.1, 0.15) is 0 Å². The zero-order valence-electron chi connectivity index (χ0n) is 6.24. The number of nitrogen functional groups attached to an aromatic ring is 1. The molecule has 1 rings (SSSR count). The Morgan fingerprint density at radius 1 is 1.50 bits per heavy atom. The molecule has 0 radical (unpaired) electrons. The van der Waals surface area contributed by atoms with E-state index in [0.717, 1.165) is 0 Å². The monoisotopic (exact) mass is 161 g/mol. The van der Waals surface area contributed by atoms with Crippen molar-refractivity contribution in [1.29, 1.82) is 5.26 Å². The molecule has 0 bridgehead atoms. The molecule has 0 aromatic heterocycles. The largest absolute Gasteiger partial charge is 0.398 e. The molecule has 1 aromatic rings. The minimum atomic E-state index is -0.586. The predicted molar refractivity (Wildman–Crippen MR) is 44.1 cm³/mol. The van der Waals surface area contributed by atoms with Crippen LogP contribution in [0.1, 0.15) is 15.9 Å². The molecule has 4 heteroatoms. The third-order valence-corrected chi connectivity index (χ3v) is 1.45. The molecule has 0 spiro atoms. The van der Waals surface area contributed by atoms with E-state index in [1.54, 1.807) is 0 Å². The second kappa shape index (κ2) is 2.93. The summed E-state index contributed by atoms with van der Waals surface area (Å²) in [5.41, 5.74) is 11.3. The number of hydrogen-bond acceptors (Lipinski definition) is 3. The lowest BCUT2D eigenvalue weighted by atomic mass is 10.1. The van der Waals surface area contributed by atoms with Crippen molar-refractivity contribution < 1.29 is 4.79 Å². The van der Waals surface area contributed by atoms with Gasteiger partial charge in [-0.15, -0.1) is 0 Å². The van der Waals surface area contributed by atoms with Crippen molar-refractivity contribution in [2.45, 2.75) is 0 Å². The lowest BCUT2D eigenvalue weighted by molar-refractivity contribution is 0.100. The molecule has 0 atom stereocenters. The van der Waals surface area contributed by atoms with Crippen LogP contribution >= 0.6 is 0 Å². The zero-order chi connectivity index (χ0) is 9.14. The van der Waals surface area contributed by atoms with Gasteiger partial charge in [-0.25, -0.2) is 0 Å². The highest BCUT2D eigenvalue weighted by molar-refractivity contribution is 5.98. The maximum atomic E-state index is 10.7. The van der Waals surface area contributed by atoms with Crippen LogP contribution in [0.15, 0.2) is 18.2 Å². The number of carbonyl (C=O) groups is 1. The average molecular weight is 161 g/mol. The Labute approximate surface area is 69.4 Å². The summed E-state index contributed by atoms with van der Waals surface area (Å²) in [6.07, 6.45) is 0. The van der Waals surface area contributed by atoms with Crippen LogP contribution in [0.2, 0.25) is 0 Å². The number of carbonyl (C=O) groups excluding carboxylic acids is 1. The molecule has 0 aliphatic rings. The number of benzene rings is 1. The third kappa shape index (κ3) is 1.35. The van der Waals surface area contributed by atoms with Crippen molar-refractivity contribution in [3.8, 4) is 6.07 Å². The third-order valence-electron chi connectivity index (χ3n) is 1.45. The quantitative estimate of drug-likeness (QED) is 0.577. The van der Waals surface area contributed by atoms with Gasteiger partial charge < -0.3 is 11.5 Å². The van der Waals surface area contributed by atoms with E-state index in [4.69, 9.17) is 16.7 Å². The molecule has 60 valence electrons.